The highest BCUT2D eigenvalue weighted by Gasteiger charge is 2.24. The van der Waals surface area contributed by atoms with Gasteiger partial charge in [-0.2, -0.15) is 16.3 Å². The minimum Gasteiger partial charge on any atom is -0.343 e. The van der Waals surface area contributed by atoms with E-state index >= 15 is 0 Å². The molecule has 0 fully saturated rings. The summed E-state index contributed by atoms with van der Waals surface area (Å²) >= 11 is 3.17. The summed E-state index contributed by atoms with van der Waals surface area (Å²) in [6.07, 6.45) is 4.85. The zero-order valence-electron chi connectivity index (χ0n) is 12.6. The van der Waals surface area contributed by atoms with Gasteiger partial charge in [-0.1, -0.05) is 16.9 Å². The summed E-state index contributed by atoms with van der Waals surface area (Å²) in [5.41, 5.74) is 2.03. The highest BCUT2D eigenvalue weighted by Crippen LogP contribution is 2.39. The van der Waals surface area contributed by atoms with Gasteiger partial charge < -0.3 is 9.09 Å². The molecular formula is C15H12N6OS2. The first-order valence-electron chi connectivity index (χ1n) is 7.08. The molecular weight excluding hydrogens is 344 g/mol. The average Bonchev–Trinajstić information content (AvgIpc) is 3.37. The van der Waals surface area contributed by atoms with Crippen LogP contribution in [0.3, 0.4) is 0 Å². The van der Waals surface area contributed by atoms with E-state index in [4.69, 9.17) is 4.52 Å². The van der Waals surface area contributed by atoms with E-state index in [0.717, 1.165) is 22.1 Å². The van der Waals surface area contributed by atoms with E-state index in [1.54, 1.807) is 23.7 Å². The Balaban J connectivity index is 1.68. The molecule has 24 heavy (non-hydrogen) atoms. The molecule has 7 nitrogen and oxygen atoms in total. The predicted octanol–water partition coefficient (Wildman–Crippen LogP) is 3.20. The summed E-state index contributed by atoms with van der Waals surface area (Å²) in [7, 11) is 1.94. The van der Waals surface area contributed by atoms with Gasteiger partial charge in [-0.05, 0) is 34.5 Å². The van der Waals surface area contributed by atoms with Gasteiger partial charge in [-0.15, -0.1) is 10.2 Å². The fourth-order valence-corrected chi connectivity index (χ4v) is 4.07. The van der Waals surface area contributed by atoms with Gasteiger partial charge in [0.15, 0.2) is 16.8 Å². The van der Waals surface area contributed by atoms with Crippen LogP contribution in [-0.4, -0.2) is 29.9 Å². The molecule has 4 heterocycles. The van der Waals surface area contributed by atoms with Crippen LogP contribution in [0.2, 0.25) is 0 Å². The Morgan fingerprint density at radius 2 is 2.25 bits per heavy atom. The second kappa shape index (κ2) is 6.54. The molecule has 0 aliphatic rings. The second-order valence-electron chi connectivity index (χ2n) is 4.95. The summed E-state index contributed by atoms with van der Waals surface area (Å²) in [6.45, 7) is 0. The molecule has 9 heteroatoms. The van der Waals surface area contributed by atoms with Gasteiger partial charge in [0.25, 0.3) is 0 Å². The summed E-state index contributed by atoms with van der Waals surface area (Å²) in [6, 6.07) is 5.89. The van der Waals surface area contributed by atoms with Crippen LogP contribution in [0.25, 0.3) is 11.4 Å². The van der Waals surface area contributed by atoms with Gasteiger partial charge in [0.1, 0.15) is 5.25 Å². The highest BCUT2D eigenvalue weighted by atomic mass is 32.2. The van der Waals surface area contributed by atoms with E-state index in [0.29, 0.717) is 5.82 Å². The van der Waals surface area contributed by atoms with E-state index in [-0.39, 0.29) is 5.25 Å². The fraction of sp³-hybridized carbons (Fsp3) is 0.133. The minimum atomic E-state index is -0.0975. The number of nitrogens with zero attached hydrogens (tertiary/aromatic N) is 6. The zero-order valence-corrected chi connectivity index (χ0v) is 14.2. The molecule has 0 N–H and O–H groups in total. The first-order chi connectivity index (χ1) is 11.8. The van der Waals surface area contributed by atoms with Crippen molar-refractivity contribution in [3.8, 4) is 11.4 Å². The van der Waals surface area contributed by atoms with Crippen molar-refractivity contribution < 1.29 is 4.52 Å². The zero-order chi connectivity index (χ0) is 16.4. The van der Waals surface area contributed by atoms with E-state index in [9.17, 15) is 0 Å². The van der Waals surface area contributed by atoms with Crippen molar-refractivity contribution in [1.29, 1.82) is 0 Å². The molecule has 0 aromatic carbocycles. The lowest BCUT2D eigenvalue weighted by atomic mass is 10.2. The van der Waals surface area contributed by atoms with Crippen LogP contribution in [0.5, 0.6) is 0 Å². The van der Waals surface area contributed by atoms with Crippen LogP contribution in [0.15, 0.2) is 57.4 Å². The Morgan fingerprint density at radius 3 is 2.96 bits per heavy atom. The molecule has 120 valence electrons. The van der Waals surface area contributed by atoms with Crippen molar-refractivity contribution in [2.24, 2.45) is 7.05 Å². The topological polar surface area (TPSA) is 82.5 Å². The summed E-state index contributed by atoms with van der Waals surface area (Å²) < 4.78 is 6.86. The number of rotatable bonds is 5. The molecule has 0 amide bonds. The third-order valence-electron chi connectivity index (χ3n) is 3.44. The average molecular weight is 356 g/mol. The van der Waals surface area contributed by atoms with Crippen LogP contribution < -0.4 is 0 Å². The second-order valence-corrected chi connectivity index (χ2v) is 6.80. The number of thioether (sulfide) groups is 1. The summed E-state index contributed by atoms with van der Waals surface area (Å²) in [4.78, 5) is 8.34. The van der Waals surface area contributed by atoms with Crippen LogP contribution in [0, 0.1) is 0 Å². The molecule has 4 aromatic heterocycles. The lowest BCUT2D eigenvalue weighted by Gasteiger charge is -2.11. The fourth-order valence-electron chi connectivity index (χ4n) is 2.26. The maximum Gasteiger partial charge on any atom is 0.213 e. The maximum atomic E-state index is 4.91. The van der Waals surface area contributed by atoms with Crippen LogP contribution in [0.4, 0.5) is 0 Å². The number of aromatic nitrogens is 6. The van der Waals surface area contributed by atoms with Crippen molar-refractivity contribution in [2.45, 2.75) is 10.4 Å². The predicted molar refractivity (Wildman–Crippen MR) is 90.6 cm³/mol. The molecule has 1 atom stereocenters. The Bertz CT molecular complexity index is 871. The van der Waals surface area contributed by atoms with Gasteiger partial charge in [0.05, 0.1) is 0 Å². The quantitative estimate of drug-likeness (QED) is 0.508. The molecule has 0 saturated heterocycles. The standard InChI is InChI=1S/C15H12N6OS2/c1-21-14(10-3-2-5-16-7-10)18-19-15(21)24-12(11-4-6-23-8-11)13-17-9-22-20-13/h2-9,12H,1H3. The number of hydrogen-bond acceptors (Lipinski definition) is 8. The summed E-state index contributed by atoms with van der Waals surface area (Å²) in [5, 5.41) is 17.4. The molecule has 0 bridgehead atoms. The third-order valence-corrected chi connectivity index (χ3v) is 5.42. The van der Waals surface area contributed by atoms with Gasteiger partial charge in [-0.25, -0.2) is 0 Å². The molecule has 0 aliphatic heterocycles. The van der Waals surface area contributed by atoms with Crippen molar-refractivity contribution in [1.82, 2.24) is 29.9 Å². The summed E-state index contributed by atoms with van der Waals surface area (Å²) in [5.74, 6) is 1.38. The molecule has 0 aliphatic carbocycles. The van der Waals surface area contributed by atoms with E-state index in [1.165, 1.54) is 18.2 Å². The minimum absolute atomic E-state index is 0.0975. The van der Waals surface area contributed by atoms with Crippen molar-refractivity contribution in [3.63, 3.8) is 0 Å². The van der Waals surface area contributed by atoms with Crippen molar-refractivity contribution >= 4 is 23.1 Å². The molecule has 0 saturated carbocycles. The Morgan fingerprint density at radius 1 is 1.29 bits per heavy atom. The van der Waals surface area contributed by atoms with Gasteiger partial charge >= 0.3 is 0 Å². The van der Waals surface area contributed by atoms with Crippen LogP contribution in [-0.2, 0) is 7.05 Å². The Kier molecular flexibility index (Phi) is 4.09. The SMILES string of the molecule is Cn1c(SC(c2ccsc2)c2ncon2)nnc1-c1cccnc1. The molecule has 4 rings (SSSR count). The Hall–Kier alpha value is -2.52. The number of hydrogen-bond donors (Lipinski definition) is 0. The molecule has 0 spiro atoms. The monoisotopic (exact) mass is 356 g/mol. The highest BCUT2D eigenvalue weighted by molar-refractivity contribution is 7.99. The molecule has 0 radical (unpaired) electrons. The Labute approximate surface area is 145 Å². The van der Waals surface area contributed by atoms with Crippen LogP contribution in [0.1, 0.15) is 16.6 Å². The number of pyridine rings is 1. The first-order valence-corrected chi connectivity index (χ1v) is 8.90. The lowest BCUT2D eigenvalue weighted by Crippen LogP contribution is -2.01. The van der Waals surface area contributed by atoms with Crippen molar-refractivity contribution in [2.75, 3.05) is 0 Å². The van der Waals surface area contributed by atoms with E-state index < -0.39 is 0 Å². The lowest BCUT2D eigenvalue weighted by molar-refractivity contribution is 0.411. The largest absolute Gasteiger partial charge is 0.343 e. The maximum absolute atomic E-state index is 4.91. The van der Waals surface area contributed by atoms with E-state index in [2.05, 4.69) is 36.8 Å². The normalized spacial score (nSPS) is 12.4. The third kappa shape index (κ3) is 2.83. The van der Waals surface area contributed by atoms with E-state index in [1.807, 2.05) is 29.1 Å². The molecule has 4 aromatic rings. The van der Waals surface area contributed by atoms with Gasteiger partial charge in [0.2, 0.25) is 6.39 Å². The molecule has 1 unspecified atom stereocenters. The first kappa shape index (κ1) is 15.0. The van der Waals surface area contributed by atoms with Gasteiger partial charge in [-0.3, -0.25) is 4.98 Å². The smallest absolute Gasteiger partial charge is 0.213 e. The van der Waals surface area contributed by atoms with Crippen LogP contribution >= 0.6 is 23.1 Å². The van der Waals surface area contributed by atoms with Crippen molar-refractivity contribution in [3.05, 3.63) is 59.1 Å². The number of thiophene rings is 1. The van der Waals surface area contributed by atoms with Gasteiger partial charge in [0, 0.05) is 25.0 Å².